The van der Waals surface area contributed by atoms with Crippen LogP contribution in [0.2, 0.25) is 0 Å². The molecule has 19 heavy (non-hydrogen) atoms. The first kappa shape index (κ1) is 13.9. The molecule has 0 aliphatic rings. The third-order valence-electron chi connectivity index (χ3n) is 2.78. The van der Waals surface area contributed by atoms with E-state index in [2.05, 4.69) is 57.0 Å². The molecule has 1 atom stereocenters. The second kappa shape index (κ2) is 6.10. The normalized spacial score (nSPS) is 12.5. The van der Waals surface area contributed by atoms with Crippen molar-refractivity contribution in [1.29, 1.82) is 0 Å². The number of hydrogen-bond acceptors (Lipinski definition) is 4. The van der Waals surface area contributed by atoms with Gasteiger partial charge in [0.25, 0.3) is 0 Å². The fourth-order valence-electron chi connectivity index (χ4n) is 1.70. The van der Waals surface area contributed by atoms with Gasteiger partial charge in [-0.2, -0.15) is 0 Å². The van der Waals surface area contributed by atoms with Crippen LogP contribution in [-0.4, -0.2) is 15.0 Å². The van der Waals surface area contributed by atoms with Gasteiger partial charge < -0.3 is 5.32 Å². The van der Waals surface area contributed by atoms with E-state index >= 15 is 0 Å². The lowest BCUT2D eigenvalue weighted by Crippen LogP contribution is -2.10. The molecule has 0 saturated carbocycles. The van der Waals surface area contributed by atoms with E-state index in [1.54, 1.807) is 6.20 Å². The van der Waals surface area contributed by atoms with Crippen LogP contribution < -0.4 is 5.32 Å². The van der Waals surface area contributed by atoms with Crippen LogP contribution in [0, 0.1) is 0 Å². The number of halogens is 1. The Kier molecular flexibility index (Phi) is 4.47. The van der Waals surface area contributed by atoms with Crippen molar-refractivity contribution in [2.75, 3.05) is 5.32 Å². The average Bonchev–Trinajstić information content (AvgIpc) is 2.39. The lowest BCUT2D eigenvalue weighted by Gasteiger charge is -2.15. The minimum atomic E-state index is 0.149. The molecule has 1 N–H and O–H groups in total. The SMILES string of the molecule is CC(C)c1nc(Br)cc(NC(C)c2cccnc2)n1. The molecule has 2 aromatic heterocycles. The van der Waals surface area contributed by atoms with Gasteiger partial charge >= 0.3 is 0 Å². The van der Waals surface area contributed by atoms with Crippen LogP contribution in [-0.2, 0) is 0 Å². The Bertz CT molecular complexity index is 542. The summed E-state index contributed by atoms with van der Waals surface area (Å²) in [7, 11) is 0. The fourth-order valence-corrected chi connectivity index (χ4v) is 2.10. The molecule has 0 radical (unpaired) electrons. The molecule has 100 valence electrons. The quantitative estimate of drug-likeness (QED) is 0.867. The van der Waals surface area contributed by atoms with Gasteiger partial charge in [-0.05, 0) is 34.5 Å². The Morgan fingerprint density at radius 2 is 2.00 bits per heavy atom. The Hall–Kier alpha value is -1.49. The molecular weight excluding hydrogens is 304 g/mol. The predicted molar refractivity (Wildman–Crippen MR) is 80.1 cm³/mol. The summed E-state index contributed by atoms with van der Waals surface area (Å²) < 4.78 is 0.798. The van der Waals surface area contributed by atoms with Crippen LogP contribution in [0.5, 0.6) is 0 Å². The highest BCUT2D eigenvalue weighted by atomic mass is 79.9. The van der Waals surface area contributed by atoms with Crippen molar-refractivity contribution >= 4 is 21.7 Å². The van der Waals surface area contributed by atoms with Crippen molar-refractivity contribution in [3.63, 3.8) is 0 Å². The maximum atomic E-state index is 4.53. The van der Waals surface area contributed by atoms with Gasteiger partial charge in [0, 0.05) is 24.4 Å². The molecule has 0 aromatic carbocycles. The van der Waals surface area contributed by atoms with E-state index in [-0.39, 0.29) is 6.04 Å². The van der Waals surface area contributed by atoms with E-state index in [1.165, 1.54) is 0 Å². The van der Waals surface area contributed by atoms with Crippen LogP contribution >= 0.6 is 15.9 Å². The van der Waals surface area contributed by atoms with E-state index in [9.17, 15) is 0 Å². The first-order valence-electron chi connectivity index (χ1n) is 6.27. The summed E-state index contributed by atoms with van der Waals surface area (Å²) in [6.07, 6.45) is 3.63. The minimum Gasteiger partial charge on any atom is -0.363 e. The Morgan fingerprint density at radius 3 is 2.63 bits per heavy atom. The lowest BCUT2D eigenvalue weighted by atomic mass is 10.1. The number of anilines is 1. The average molecular weight is 321 g/mol. The lowest BCUT2D eigenvalue weighted by molar-refractivity contribution is 0.763. The van der Waals surface area contributed by atoms with E-state index in [0.717, 1.165) is 21.8 Å². The molecule has 0 amide bonds. The number of rotatable bonds is 4. The van der Waals surface area contributed by atoms with Gasteiger partial charge in [0.05, 0.1) is 6.04 Å². The Labute approximate surface area is 121 Å². The molecule has 1 unspecified atom stereocenters. The van der Waals surface area contributed by atoms with E-state index in [4.69, 9.17) is 0 Å². The molecule has 0 saturated heterocycles. The Balaban J connectivity index is 2.19. The fraction of sp³-hybridized carbons (Fsp3) is 0.357. The number of pyridine rings is 1. The second-order valence-corrected chi connectivity index (χ2v) is 5.55. The van der Waals surface area contributed by atoms with Crippen molar-refractivity contribution in [3.8, 4) is 0 Å². The Morgan fingerprint density at radius 1 is 1.21 bits per heavy atom. The van der Waals surface area contributed by atoms with E-state index in [0.29, 0.717) is 5.92 Å². The molecule has 2 rings (SSSR count). The minimum absolute atomic E-state index is 0.149. The molecule has 2 heterocycles. The summed E-state index contributed by atoms with van der Waals surface area (Å²) in [5.74, 6) is 1.95. The molecule has 0 bridgehead atoms. The molecule has 2 aromatic rings. The van der Waals surface area contributed by atoms with Crippen LogP contribution in [0.15, 0.2) is 35.2 Å². The maximum Gasteiger partial charge on any atom is 0.134 e. The molecule has 0 spiro atoms. The van der Waals surface area contributed by atoms with Crippen LogP contribution in [0.1, 0.15) is 44.1 Å². The predicted octanol–water partition coefficient (Wildman–Crippen LogP) is 3.93. The third kappa shape index (κ3) is 3.73. The van der Waals surface area contributed by atoms with Gasteiger partial charge in [-0.1, -0.05) is 19.9 Å². The zero-order valence-corrected chi connectivity index (χ0v) is 12.8. The van der Waals surface area contributed by atoms with Crippen molar-refractivity contribution in [2.45, 2.75) is 32.7 Å². The van der Waals surface area contributed by atoms with Crippen molar-refractivity contribution < 1.29 is 0 Å². The molecular formula is C14H17BrN4. The molecule has 0 aliphatic heterocycles. The molecule has 0 aliphatic carbocycles. The number of aromatic nitrogens is 3. The highest BCUT2D eigenvalue weighted by Crippen LogP contribution is 2.21. The van der Waals surface area contributed by atoms with E-state index < -0.39 is 0 Å². The first-order valence-corrected chi connectivity index (χ1v) is 7.06. The topological polar surface area (TPSA) is 50.7 Å². The number of nitrogens with one attached hydrogen (secondary N) is 1. The number of nitrogens with zero attached hydrogens (tertiary/aromatic N) is 3. The second-order valence-electron chi connectivity index (χ2n) is 4.74. The van der Waals surface area contributed by atoms with E-state index in [1.807, 2.05) is 24.4 Å². The summed E-state index contributed by atoms with van der Waals surface area (Å²) >= 11 is 3.42. The van der Waals surface area contributed by atoms with Crippen molar-refractivity contribution in [1.82, 2.24) is 15.0 Å². The zero-order chi connectivity index (χ0) is 13.8. The van der Waals surface area contributed by atoms with Gasteiger partial charge in [0.2, 0.25) is 0 Å². The summed E-state index contributed by atoms with van der Waals surface area (Å²) in [6, 6.07) is 6.02. The van der Waals surface area contributed by atoms with Gasteiger partial charge in [0.15, 0.2) is 0 Å². The number of hydrogen-bond donors (Lipinski definition) is 1. The van der Waals surface area contributed by atoms with Gasteiger partial charge in [-0.25, -0.2) is 9.97 Å². The van der Waals surface area contributed by atoms with Crippen molar-refractivity contribution in [2.24, 2.45) is 0 Å². The van der Waals surface area contributed by atoms with Gasteiger partial charge in [0.1, 0.15) is 16.2 Å². The highest BCUT2D eigenvalue weighted by Gasteiger charge is 2.10. The monoisotopic (exact) mass is 320 g/mol. The third-order valence-corrected chi connectivity index (χ3v) is 3.18. The summed E-state index contributed by atoms with van der Waals surface area (Å²) in [6.45, 7) is 6.24. The summed E-state index contributed by atoms with van der Waals surface area (Å²) in [4.78, 5) is 13.0. The summed E-state index contributed by atoms with van der Waals surface area (Å²) in [5, 5.41) is 3.37. The molecule has 0 fully saturated rings. The van der Waals surface area contributed by atoms with Crippen molar-refractivity contribution in [3.05, 3.63) is 46.6 Å². The first-order chi connectivity index (χ1) is 9.06. The molecule has 5 heteroatoms. The molecule has 4 nitrogen and oxygen atoms in total. The van der Waals surface area contributed by atoms with Crippen LogP contribution in [0.4, 0.5) is 5.82 Å². The zero-order valence-electron chi connectivity index (χ0n) is 11.3. The standard InChI is InChI=1S/C14H17BrN4/c1-9(2)14-18-12(15)7-13(19-14)17-10(3)11-5-4-6-16-8-11/h4-10H,1-3H3,(H,17,18,19). The maximum absolute atomic E-state index is 4.53. The largest absolute Gasteiger partial charge is 0.363 e. The summed E-state index contributed by atoms with van der Waals surface area (Å²) in [5.41, 5.74) is 1.13. The van der Waals surface area contributed by atoms with Gasteiger partial charge in [-0.3, -0.25) is 4.98 Å². The van der Waals surface area contributed by atoms with Crippen LogP contribution in [0.25, 0.3) is 0 Å². The highest BCUT2D eigenvalue weighted by molar-refractivity contribution is 9.10. The van der Waals surface area contributed by atoms with Gasteiger partial charge in [-0.15, -0.1) is 0 Å². The van der Waals surface area contributed by atoms with Crippen LogP contribution in [0.3, 0.4) is 0 Å². The smallest absolute Gasteiger partial charge is 0.134 e.